The fourth-order valence-corrected chi connectivity index (χ4v) is 4.65. The first-order valence-electron chi connectivity index (χ1n) is 13.2. The Morgan fingerprint density at radius 1 is 1.05 bits per heavy atom. The molecule has 1 amide bonds. The number of rotatable bonds is 10. The van der Waals surface area contributed by atoms with Crippen LogP contribution in [0.3, 0.4) is 0 Å². The zero-order valence-corrected chi connectivity index (χ0v) is 23.4. The number of amides is 1. The van der Waals surface area contributed by atoms with Gasteiger partial charge in [0.05, 0.1) is 18.2 Å². The molecule has 1 aliphatic rings. The van der Waals surface area contributed by atoms with Crippen LogP contribution in [-0.2, 0) is 15.0 Å². The minimum absolute atomic E-state index is 0.0237. The molecule has 0 aliphatic carbocycles. The molecule has 1 saturated heterocycles. The number of unbranched alkanes of at least 4 members (excludes halogenated alkanes) is 1. The summed E-state index contributed by atoms with van der Waals surface area (Å²) in [6.45, 7) is 12.3. The first-order valence-corrected chi connectivity index (χ1v) is 13.2. The first-order chi connectivity index (χ1) is 17.5. The van der Waals surface area contributed by atoms with Gasteiger partial charge in [0.1, 0.15) is 11.5 Å². The molecule has 0 radical (unpaired) electrons. The van der Waals surface area contributed by atoms with E-state index in [9.17, 15) is 14.7 Å². The molecule has 0 saturated carbocycles. The number of ketones is 1. The highest BCUT2D eigenvalue weighted by Crippen LogP contribution is 2.40. The van der Waals surface area contributed by atoms with Crippen LogP contribution in [0.5, 0.6) is 5.75 Å². The molecule has 2 aromatic carbocycles. The Hall–Kier alpha value is -3.12. The average Bonchev–Trinajstić information content (AvgIpc) is 3.08. The van der Waals surface area contributed by atoms with Crippen molar-refractivity contribution in [3.63, 3.8) is 0 Å². The second-order valence-corrected chi connectivity index (χ2v) is 11.2. The SMILES string of the molecule is CCCCOc1ccc(C(O)=C2C(=O)C(=O)N(CCCN(C)C)[C@@H]2c2ccc(C(C)(C)C)cc2)c(C)c1. The Labute approximate surface area is 221 Å². The number of carbonyl (C=O) groups is 2. The first kappa shape index (κ1) is 28.5. The quantitative estimate of drug-likeness (QED) is 0.190. The number of Topliss-reactive ketones (excluding diaryl/α,β-unsaturated/α-hetero) is 1. The maximum Gasteiger partial charge on any atom is 0.295 e. The Balaban J connectivity index is 2.06. The van der Waals surface area contributed by atoms with E-state index in [2.05, 4.69) is 32.6 Å². The normalized spacial score (nSPS) is 17.6. The van der Waals surface area contributed by atoms with Crippen molar-refractivity contribution in [2.45, 2.75) is 65.3 Å². The highest BCUT2D eigenvalue weighted by molar-refractivity contribution is 6.46. The van der Waals surface area contributed by atoms with Gasteiger partial charge in [0.25, 0.3) is 11.7 Å². The molecular formula is C31H42N2O4. The maximum atomic E-state index is 13.3. The van der Waals surface area contributed by atoms with Gasteiger partial charge < -0.3 is 19.6 Å². The van der Waals surface area contributed by atoms with Gasteiger partial charge in [-0.3, -0.25) is 9.59 Å². The summed E-state index contributed by atoms with van der Waals surface area (Å²) < 4.78 is 5.80. The number of aliphatic hydroxyl groups excluding tert-OH is 1. The highest BCUT2D eigenvalue weighted by atomic mass is 16.5. The van der Waals surface area contributed by atoms with Crippen molar-refractivity contribution in [1.82, 2.24) is 9.80 Å². The van der Waals surface area contributed by atoms with Gasteiger partial charge in [-0.1, -0.05) is 58.4 Å². The predicted octanol–water partition coefficient (Wildman–Crippen LogP) is 5.84. The molecule has 1 aliphatic heterocycles. The zero-order valence-electron chi connectivity index (χ0n) is 23.4. The molecule has 1 atom stereocenters. The van der Waals surface area contributed by atoms with Crippen molar-refractivity contribution in [2.24, 2.45) is 0 Å². The van der Waals surface area contributed by atoms with E-state index in [0.717, 1.165) is 48.2 Å². The van der Waals surface area contributed by atoms with E-state index in [4.69, 9.17) is 4.74 Å². The number of benzene rings is 2. The molecule has 6 nitrogen and oxygen atoms in total. The Morgan fingerprint density at radius 2 is 1.73 bits per heavy atom. The standard InChI is InChI=1S/C31H42N2O4/c1-8-9-19-37-24-15-16-25(21(2)20-24)28(34)26-27(22-11-13-23(14-12-22)31(3,4)5)33(30(36)29(26)35)18-10-17-32(6)7/h11-16,20,27,34H,8-10,17-19H2,1-7H3/t27-/m1/s1. The number of ether oxygens (including phenoxy) is 1. The lowest BCUT2D eigenvalue weighted by molar-refractivity contribution is -0.139. The number of aliphatic hydroxyl groups is 1. The van der Waals surface area contributed by atoms with Crippen molar-refractivity contribution < 1.29 is 19.4 Å². The summed E-state index contributed by atoms with van der Waals surface area (Å²) in [5.41, 5.74) is 3.41. The monoisotopic (exact) mass is 506 g/mol. The molecule has 1 heterocycles. The average molecular weight is 507 g/mol. The molecular weight excluding hydrogens is 464 g/mol. The topological polar surface area (TPSA) is 70.1 Å². The number of aryl methyl sites for hydroxylation is 1. The van der Waals surface area contributed by atoms with Crippen molar-refractivity contribution in [3.8, 4) is 5.75 Å². The highest BCUT2D eigenvalue weighted by Gasteiger charge is 2.46. The molecule has 2 aromatic rings. The van der Waals surface area contributed by atoms with Crippen LogP contribution in [0.2, 0.25) is 0 Å². The van der Waals surface area contributed by atoms with Gasteiger partial charge in [0.15, 0.2) is 0 Å². The Morgan fingerprint density at radius 3 is 2.30 bits per heavy atom. The third kappa shape index (κ3) is 6.61. The summed E-state index contributed by atoms with van der Waals surface area (Å²) in [4.78, 5) is 30.2. The largest absolute Gasteiger partial charge is 0.507 e. The van der Waals surface area contributed by atoms with Crippen LogP contribution in [0.15, 0.2) is 48.0 Å². The van der Waals surface area contributed by atoms with Gasteiger partial charge in [0, 0.05) is 12.1 Å². The van der Waals surface area contributed by atoms with Crippen LogP contribution in [0.1, 0.15) is 75.3 Å². The summed E-state index contributed by atoms with van der Waals surface area (Å²) in [5, 5.41) is 11.5. The van der Waals surface area contributed by atoms with Gasteiger partial charge in [0.2, 0.25) is 0 Å². The van der Waals surface area contributed by atoms with Crippen LogP contribution in [0.25, 0.3) is 5.76 Å². The predicted molar refractivity (Wildman–Crippen MR) is 149 cm³/mol. The Bertz CT molecular complexity index is 1140. The fraction of sp³-hybridized carbons (Fsp3) is 0.484. The molecule has 0 bridgehead atoms. The minimum Gasteiger partial charge on any atom is -0.507 e. The molecule has 0 unspecified atom stereocenters. The summed E-state index contributed by atoms with van der Waals surface area (Å²) in [5.74, 6) is -0.630. The van der Waals surface area contributed by atoms with Crippen LogP contribution in [0, 0.1) is 6.92 Å². The lowest BCUT2D eigenvalue weighted by Crippen LogP contribution is -2.32. The molecule has 3 rings (SSSR count). The summed E-state index contributed by atoms with van der Waals surface area (Å²) >= 11 is 0. The van der Waals surface area contributed by atoms with Crippen LogP contribution in [0.4, 0.5) is 0 Å². The number of hydrogen-bond acceptors (Lipinski definition) is 5. The minimum atomic E-state index is -0.644. The van der Waals surface area contributed by atoms with Crippen LogP contribution < -0.4 is 4.74 Å². The molecule has 1 fully saturated rings. The van der Waals surface area contributed by atoms with E-state index < -0.39 is 17.7 Å². The number of hydrogen-bond donors (Lipinski definition) is 1. The second-order valence-electron chi connectivity index (χ2n) is 11.2. The summed E-state index contributed by atoms with van der Waals surface area (Å²) in [7, 11) is 3.96. The van der Waals surface area contributed by atoms with E-state index in [0.29, 0.717) is 18.7 Å². The number of nitrogens with zero attached hydrogens (tertiary/aromatic N) is 2. The third-order valence-corrected chi connectivity index (χ3v) is 6.86. The van der Waals surface area contributed by atoms with E-state index in [1.54, 1.807) is 17.0 Å². The van der Waals surface area contributed by atoms with Gasteiger partial charge in [-0.15, -0.1) is 0 Å². The van der Waals surface area contributed by atoms with Crippen LogP contribution in [-0.4, -0.2) is 60.4 Å². The van der Waals surface area contributed by atoms with E-state index >= 15 is 0 Å². The van der Waals surface area contributed by atoms with E-state index in [1.807, 2.05) is 51.4 Å². The van der Waals surface area contributed by atoms with Crippen molar-refractivity contribution >= 4 is 17.4 Å². The van der Waals surface area contributed by atoms with Gasteiger partial charge in [-0.25, -0.2) is 0 Å². The second kappa shape index (κ2) is 12.0. The van der Waals surface area contributed by atoms with Crippen molar-refractivity contribution in [2.75, 3.05) is 33.8 Å². The third-order valence-electron chi connectivity index (χ3n) is 6.86. The lowest BCUT2D eigenvalue weighted by Gasteiger charge is -2.27. The maximum absolute atomic E-state index is 13.3. The van der Waals surface area contributed by atoms with Crippen molar-refractivity contribution in [1.29, 1.82) is 0 Å². The van der Waals surface area contributed by atoms with E-state index in [-0.39, 0.29) is 16.7 Å². The molecule has 200 valence electrons. The Kier molecular flexibility index (Phi) is 9.19. The molecule has 37 heavy (non-hydrogen) atoms. The zero-order chi connectivity index (χ0) is 27.3. The van der Waals surface area contributed by atoms with Gasteiger partial charge >= 0.3 is 0 Å². The molecule has 1 N–H and O–H groups in total. The van der Waals surface area contributed by atoms with Crippen LogP contribution >= 0.6 is 0 Å². The van der Waals surface area contributed by atoms with E-state index in [1.165, 1.54) is 0 Å². The smallest absolute Gasteiger partial charge is 0.295 e. The molecule has 0 aromatic heterocycles. The van der Waals surface area contributed by atoms with Gasteiger partial charge in [-0.2, -0.15) is 0 Å². The number of carbonyl (C=O) groups excluding carboxylic acids is 2. The molecule has 6 heteroatoms. The van der Waals surface area contributed by atoms with Gasteiger partial charge in [-0.05, 0) is 80.7 Å². The summed E-state index contributed by atoms with van der Waals surface area (Å²) in [6, 6.07) is 12.8. The summed E-state index contributed by atoms with van der Waals surface area (Å²) in [6.07, 6.45) is 2.73. The molecule has 0 spiro atoms. The fourth-order valence-electron chi connectivity index (χ4n) is 4.65. The lowest BCUT2D eigenvalue weighted by atomic mass is 9.85. The number of likely N-dealkylation sites (tertiary alicyclic amines) is 1. The van der Waals surface area contributed by atoms with Crippen molar-refractivity contribution in [3.05, 3.63) is 70.3 Å².